The Morgan fingerprint density at radius 1 is 0.839 bits per heavy atom. The molecule has 0 aliphatic carbocycles. The second kappa shape index (κ2) is 8.13. The summed E-state index contributed by atoms with van der Waals surface area (Å²) in [5.41, 5.74) is 1.82. The Morgan fingerprint density at radius 2 is 1.48 bits per heavy atom. The molecule has 0 saturated carbocycles. The van der Waals surface area contributed by atoms with Crippen LogP contribution in [-0.4, -0.2) is 11.7 Å². The van der Waals surface area contributed by atoms with Gasteiger partial charge in [0.1, 0.15) is 5.70 Å². The van der Waals surface area contributed by atoms with E-state index in [4.69, 9.17) is 39.8 Å². The molecule has 1 aliphatic rings. The Labute approximate surface area is 197 Å². The number of thiophene rings is 1. The van der Waals surface area contributed by atoms with Gasteiger partial charge in [0.15, 0.2) is 5.84 Å². The van der Waals surface area contributed by atoms with Crippen molar-refractivity contribution in [2.75, 3.05) is 4.90 Å². The normalized spacial score (nSPS) is 15.2. The lowest BCUT2D eigenvalue weighted by molar-refractivity contribution is -0.113. The number of hydrogen-bond acceptors (Lipinski definition) is 3. The Hall–Kier alpha value is -2.63. The van der Waals surface area contributed by atoms with Gasteiger partial charge in [-0.15, -0.1) is 11.3 Å². The zero-order valence-corrected chi connectivity index (χ0v) is 18.9. The zero-order valence-electron chi connectivity index (χ0n) is 15.9. The van der Waals surface area contributed by atoms with Crippen molar-refractivity contribution in [1.82, 2.24) is 0 Å². The molecule has 1 aliphatic heterocycles. The summed E-state index contributed by atoms with van der Waals surface area (Å²) >= 11 is 20.3. The SMILES string of the molecule is O=C1/C(=C\c2ccc(Cl)cc2)N=C(c2sc3ccccc3c2Cl)N1c1ccc(Cl)cc1. The number of carbonyl (C=O) groups is 1. The first-order chi connectivity index (χ1) is 15.0. The van der Waals surface area contributed by atoms with Crippen LogP contribution in [0, 0.1) is 0 Å². The van der Waals surface area contributed by atoms with E-state index in [9.17, 15) is 4.79 Å². The van der Waals surface area contributed by atoms with Gasteiger partial charge in [0, 0.05) is 20.1 Å². The molecule has 0 unspecified atom stereocenters. The summed E-state index contributed by atoms with van der Waals surface area (Å²) in [7, 11) is 0. The quantitative estimate of drug-likeness (QED) is 0.275. The predicted octanol–water partition coefficient (Wildman–Crippen LogP) is 7.70. The molecular formula is C24H13Cl3N2OS. The van der Waals surface area contributed by atoms with Gasteiger partial charge in [-0.05, 0) is 54.1 Å². The number of hydrogen-bond donors (Lipinski definition) is 0. The van der Waals surface area contributed by atoms with Crippen LogP contribution < -0.4 is 4.90 Å². The predicted molar refractivity (Wildman–Crippen MR) is 132 cm³/mol. The van der Waals surface area contributed by atoms with Gasteiger partial charge in [0.25, 0.3) is 5.91 Å². The highest BCUT2D eigenvalue weighted by Gasteiger charge is 2.34. The minimum atomic E-state index is -0.235. The number of fused-ring (bicyclic) bond motifs is 1. The molecule has 1 amide bonds. The molecule has 0 atom stereocenters. The van der Waals surface area contributed by atoms with Crippen LogP contribution in [0.3, 0.4) is 0 Å². The van der Waals surface area contributed by atoms with Crippen LogP contribution in [0.25, 0.3) is 16.2 Å². The monoisotopic (exact) mass is 482 g/mol. The van der Waals surface area contributed by atoms with Crippen LogP contribution in [0.15, 0.2) is 83.5 Å². The van der Waals surface area contributed by atoms with Crippen molar-refractivity contribution in [3.8, 4) is 0 Å². The van der Waals surface area contributed by atoms with E-state index in [1.165, 1.54) is 11.3 Å². The first-order valence-corrected chi connectivity index (χ1v) is 11.3. The van der Waals surface area contributed by atoms with E-state index >= 15 is 0 Å². The molecule has 3 aromatic carbocycles. The van der Waals surface area contributed by atoms with Gasteiger partial charge in [0.2, 0.25) is 0 Å². The maximum absolute atomic E-state index is 13.4. The molecule has 7 heteroatoms. The number of anilines is 1. The summed E-state index contributed by atoms with van der Waals surface area (Å²) in [6.45, 7) is 0. The Balaban J connectivity index is 1.68. The number of carbonyl (C=O) groups excluding carboxylic acids is 1. The third-order valence-corrected chi connectivity index (χ3v) is 7.03. The summed E-state index contributed by atoms with van der Waals surface area (Å²) in [6, 6.07) is 22.2. The lowest BCUT2D eigenvalue weighted by Crippen LogP contribution is -2.32. The number of amidine groups is 1. The average Bonchev–Trinajstić information content (AvgIpc) is 3.28. The summed E-state index contributed by atoms with van der Waals surface area (Å²) in [5.74, 6) is 0.263. The number of rotatable bonds is 3. The zero-order chi connectivity index (χ0) is 21.5. The van der Waals surface area contributed by atoms with E-state index in [-0.39, 0.29) is 5.91 Å². The van der Waals surface area contributed by atoms with Crippen molar-refractivity contribution in [2.24, 2.45) is 4.99 Å². The van der Waals surface area contributed by atoms with Crippen LogP contribution >= 0.6 is 46.1 Å². The second-order valence-electron chi connectivity index (χ2n) is 6.87. The third kappa shape index (κ3) is 3.77. The van der Waals surface area contributed by atoms with Crippen LogP contribution in [0.5, 0.6) is 0 Å². The van der Waals surface area contributed by atoms with E-state index in [0.717, 1.165) is 20.5 Å². The van der Waals surface area contributed by atoms with Gasteiger partial charge < -0.3 is 0 Å². The maximum atomic E-state index is 13.4. The number of amides is 1. The Bertz CT molecular complexity index is 1370. The molecule has 152 valence electrons. The smallest absolute Gasteiger partial charge is 0.266 e. The molecule has 5 rings (SSSR count). The molecule has 0 N–H and O–H groups in total. The molecule has 3 nitrogen and oxygen atoms in total. The van der Waals surface area contributed by atoms with Crippen molar-refractivity contribution >= 4 is 79.7 Å². The molecule has 0 radical (unpaired) electrons. The van der Waals surface area contributed by atoms with Crippen molar-refractivity contribution in [2.45, 2.75) is 0 Å². The summed E-state index contributed by atoms with van der Waals surface area (Å²) in [6.07, 6.45) is 1.75. The molecular weight excluding hydrogens is 471 g/mol. The number of halogens is 3. The van der Waals surface area contributed by atoms with E-state index in [1.54, 1.807) is 47.4 Å². The number of benzene rings is 3. The van der Waals surface area contributed by atoms with E-state index in [0.29, 0.717) is 32.3 Å². The highest BCUT2D eigenvalue weighted by molar-refractivity contribution is 7.21. The van der Waals surface area contributed by atoms with E-state index < -0.39 is 0 Å². The number of aliphatic imine (C=N–C) groups is 1. The third-order valence-electron chi connectivity index (χ3n) is 4.86. The first kappa shape index (κ1) is 20.3. The van der Waals surface area contributed by atoms with E-state index in [2.05, 4.69) is 0 Å². The topological polar surface area (TPSA) is 32.7 Å². The van der Waals surface area contributed by atoms with Gasteiger partial charge >= 0.3 is 0 Å². The highest BCUT2D eigenvalue weighted by atomic mass is 35.5. The molecule has 1 aromatic heterocycles. The fourth-order valence-electron chi connectivity index (χ4n) is 3.37. The van der Waals surface area contributed by atoms with Crippen molar-refractivity contribution in [1.29, 1.82) is 0 Å². The van der Waals surface area contributed by atoms with Gasteiger partial charge in [-0.3, -0.25) is 9.69 Å². The molecule has 4 aromatic rings. The Kier molecular flexibility index (Phi) is 5.32. The van der Waals surface area contributed by atoms with Crippen molar-refractivity contribution in [3.05, 3.63) is 104 Å². The molecule has 0 saturated heterocycles. The van der Waals surface area contributed by atoms with Gasteiger partial charge in [-0.2, -0.15) is 0 Å². The largest absolute Gasteiger partial charge is 0.282 e. The summed E-state index contributed by atoms with van der Waals surface area (Å²) in [4.78, 5) is 20.4. The molecule has 0 spiro atoms. The maximum Gasteiger partial charge on any atom is 0.282 e. The minimum Gasteiger partial charge on any atom is -0.266 e. The van der Waals surface area contributed by atoms with Gasteiger partial charge in [-0.1, -0.05) is 65.1 Å². The average molecular weight is 484 g/mol. The van der Waals surface area contributed by atoms with Crippen LogP contribution in [-0.2, 0) is 4.79 Å². The molecule has 0 fully saturated rings. The highest BCUT2D eigenvalue weighted by Crippen LogP contribution is 2.39. The minimum absolute atomic E-state index is 0.235. The van der Waals surface area contributed by atoms with Crippen LogP contribution in [0.4, 0.5) is 5.69 Å². The fourth-order valence-corrected chi connectivity index (χ4v) is 5.12. The summed E-state index contributed by atoms with van der Waals surface area (Å²) < 4.78 is 1.03. The van der Waals surface area contributed by atoms with Crippen LogP contribution in [0.2, 0.25) is 15.1 Å². The first-order valence-electron chi connectivity index (χ1n) is 9.34. The van der Waals surface area contributed by atoms with Crippen molar-refractivity contribution < 1.29 is 4.79 Å². The summed E-state index contributed by atoms with van der Waals surface area (Å²) in [5, 5.41) is 2.74. The molecule has 31 heavy (non-hydrogen) atoms. The number of nitrogens with zero attached hydrogens (tertiary/aromatic N) is 2. The second-order valence-corrected chi connectivity index (χ2v) is 9.18. The van der Waals surface area contributed by atoms with E-state index in [1.807, 2.05) is 36.4 Å². The van der Waals surface area contributed by atoms with Gasteiger partial charge in [-0.25, -0.2) is 4.99 Å². The lowest BCUT2D eigenvalue weighted by Gasteiger charge is -2.18. The fraction of sp³-hybridized carbons (Fsp3) is 0. The van der Waals surface area contributed by atoms with Gasteiger partial charge in [0.05, 0.1) is 15.6 Å². The van der Waals surface area contributed by atoms with Crippen molar-refractivity contribution in [3.63, 3.8) is 0 Å². The molecule has 0 bridgehead atoms. The lowest BCUT2D eigenvalue weighted by atomic mass is 10.2. The molecule has 2 heterocycles. The van der Waals surface area contributed by atoms with Crippen LogP contribution in [0.1, 0.15) is 10.4 Å². The standard InChI is InChI=1S/C24H13Cl3N2OS/c25-15-7-5-14(6-8-15)13-19-24(30)29(17-11-9-16(26)10-12-17)23(28-19)22-21(27)18-3-1-2-4-20(18)31-22/h1-13H/b19-13+. The Morgan fingerprint density at radius 3 is 2.16 bits per heavy atom.